The Hall–Kier alpha value is -2.34. The molecule has 0 unspecified atom stereocenters. The second kappa shape index (κ2) is 9.43. The van der Waals surface area contributed by atoms with Crippen molar-refractivity contribution in [2.45, 2.75) is 30.1 Å². The SMILES string of the molecule is Cc1ccc(S(=O)(=O)NCCC(=O)N2CCN(S(=O)(=O)c3cccnc3)CC2)c(C)c1. The van der Waals surface area contributed by atoms with Gasteiger partial charge in [0.05, 0.1) is 4.90 Å². The Kier molecular flexibility index (Phi) is 7.10. The highest BCUT2D eigenvalue weighted by atomic mass is 32.2. The lowest BCUT2D eigenvalue weighted by Crippen LogP contribution is -2.50. The third-order valence-corrected chi connectivity index (χ3v) is 8.62. The molecule has 0 spiro atoms. The van der Waals surface area contributed by atoms with E-state index in [0.717, 1.165) is 5.56 Å². The zero-order valence-corrected chi connectivity index (χ0v) is 19.1. The first-order valence-corrected chi connectivity index (χ1v) is 12.8. The molecule has 1 N–H and O–H groups in total. The van der Waals surface area contributed by atoms with Crippen molar-refractivity contribution in [1.29, 1.82) is 0 Å². The lowest BCUT2D eigenvalue weighted by atomic mass is 10.2. The van der Waals surface area contributed by atoms with E-state index in [1.54, 1.807) is 36.1 Å². The van der Waals surface area contributed by atoms with Gasteiger partial charge in [0.2, 0.25) is 26.0 Å². The Morgan fingerprint density at radius 1 is 1.06 bits per heavy atom. The third kappa shape index (κ3) is 5.48. The first kappa shape index (κ1) is 23.3. The van der Waals surface area contributed by atoms with E-state index in [1.807, 2.05) is 6.92 Å². The number of amides is 1. The summed E-state index contributed by atoms with van der Waals surface area (Å²) in [6, 6.07) is 8.12. The number of hydrogen-bond donors (Lipinski definition) is 1. The number of sulfonamides is 2. The van der Waals surface area contributed by atoms with Crippen LogP contribution in [0, 0.1) is 13.8 Å². The maximum atomic E-state index is 12.6. The second-order valence-electron chi connectivity index (χ2n) is 7.39. The Bertz CT molecular complexity index is 1140. The highest BCUT2D eigenvalue weighted by molar-refractivity contribution is 7.89. The molecule has 2 aromatic rings. The molecule has 0 radical (unpaired) electrons. The molecule has 1 aliphatic rings. The van der Waals surface area contributed by atoms with Gasteiger partial charge in [-0.3, -0.25) is 9.78 Å². The fraction of sp³-hybridized carbons (Fsp3) is 0.400. The predicted octanol–water partition coefficient (Wildman–Crippen LogP) is 0.900. The molecule has 1 aromatic heterocycles. The van der Waals surface area contributed by atoms with E-state index < -0.39 is 20.0 Å². The number of carbonyl (C=O) groups excluding carboxylic acids is 1. The van der Waals surface area contributed by atoms with E-state index in [4.69, 9.17) is 0 Å². The minimum absolute atomic E-state index is 0.000502. The van der Waals surface area contributed by atoms with Gasteiger partial charge in [0, 0.05) is 51.5 Å². The predicted molar refractivity (Wildman–Crippen MR) is 115 cm³/mol. The van der Waals surface area contributed by atoms with Gasteiger partial charge in [-0.25, -0.2) is 21.6 Å². The number of aryl methyl sites for hydroxylation is 2. The van der Waals surface area contributed by atoms with Crippen molar-refractivity contribution in [3.05, 3.63) is 53.9 Å². The van der Waals surface area contributed by atoms with Gasteiger partial charge in [-0.05, 0) is 37.6 Å². The first-order chi connectivity index (χ1) is 14.6. The quantitative estimate of drug-likeness (QED) is 0.648. The summed E-state index contributed by atoms with van der Waals surface area (Å²) in [6.07, 6.45) is 2.80. The van der Waals surface area contributed by atoms with Crippen molar-refractivity contribution in [2.24, 2.45) is 0 Å². The smallest absolute Gasteiger partial charge is 0.244 e. The van der Waals surface area contributed by atoms with E-state index in [0.29, 0.717) is 5.56 Å². The van der Waals surface area contributed by atoms with Crippen LogP contribution < -0.4 is 4.72 Å². The van der Waals surface area contributed by atoms with Crippen LogP contribution in [0.15, 0.2) is 52.5 Å². The van der Waals surface area contributed by atoms with Crippen molar-refractivity contribution in [3.63, 3.8) is 0 Å². The maximum absolute atomic E-state index is 12.6. The van der Waals surface area contributed by atoms with Crippen LogP contribution in [0.1, 0.15) is 17.5 Å². The van der Waals surface area contributed by atoms with Crippen LogP contribution in [0.3, 0.4) is 0 Å². The van der Waals surface area contributed by atoms with Gasteiger partial charge in [0.1, 0.15) is 4.90 Å². The van der Waals surface area contributed by atoms with Crippen molar-refractivity contribution in [2.75, 3.05) is 32.7 Å². The Balaban J connectivity index is 1.51. The normalized spacial score (nSPS) is 15.7. The molecule has 1 amide bonds. The van der Waals surface area contributed by atoms with Gasteiger partial charge < -0.3 is 4.90 Å². The lowest BCUT2D eigenvalue weighted by Gasteiger charge is -2.34. The van der Waals surface area contributed by atoms with Crippen LogP contribution in [-0.2, 0) is 24.8 Å². The van der Waals surface area contributed by atoms with Crippen molar-refractivity contribution in [3.8, 4) is 0 Å². The van der Waals surface area contributed by atoms with Gasteiger partial charge in [-0.15, -0.1) is 0 Å². The van der Waals surface area contributed by atoms with E-state index in [2.05, 4.69) is 9.71 Å². The molecule has 1 aromatic carbocycles. The summed E-state index contributed by atoms with van der Waals surface area (Å²) in [5.74, 6) is -0.221. The summed E-state index contributed by atoms with van der Waals surface area (Å²) in [7, 11) is -7.35. The fourth-order valence-corrected chi connectivity index (χ4v) is 6.10. The summed E-state index contributed by atoms with van der Waals surface area (Å²) in [5.41, 5.74) is 1.61. The number of piperazine rings is 1. The van der Waals surface area contributed by atoms with E-state index in [9.17, 15) is 21.6 Å². The van der Waals surface area contributed by atoms with Crippen LogP contribution in [-0.4, -0.2) is 69.7 Å². The van der Waals surface area contributed by atoms with Crippen LogP contribution >= 0.6 is 0 Å². The van der Waals surface area contributed by atoms with Crippen molar-refractivity contribution >= 4 is 26.0 Å². The average molecular weight is 467 g/mol. The second-order valence-corrected chi connectivity index (χ2v) is 11.1. The van der Waals surface area contributed by atoms with Gasteiger partial charge >= 0.3 is 0 Å². The lowest BCUT2D eigenvalue weighted by molar-refractivity contribution is -0.132. The number of hydrogen-bond acceptors (Lipinski definition) is 6. The zero-order valence-electron chi connectivity index (χ0n) is 17.5. The molecule has 168 valence electrons. The molecular formula is C20H26N4O5S2. The third-order valence-electron chi connectivity index (χ3n) is 5.11. The van der Waals surface area contributed by atoms with Gasteiger partial charge in [-0.2, -0.15) is 4.31 Å². The van der Waals surface area contributed by atoms with E-state index in [1.165, 1.54) is 22.8 Å². The Labute approximate surface area is 183 Å². The standard InChI is InChI=1S/C20H26N4O5S2/c1-16-5-6-19(17(2)14-16)30(26,27)22-9-7-20(25)23-10-12-24(13-11-23)31(28,29)18-4-3-8-21-15-18/h3-6,8,14-15,22H,7,9-13H2,1-2H3. The number of rotatable bonds is 7. The highest BCUT2D eigenvalue weighted by Crippen LogP contribution is 2.18. The van der Waals surface area contributed by atoms with E-state index >= 15 is 0 Å². The minimum atomic E-state index is -3.71. The molecule has 3 rings (SSSR count). The van der Waals surface area contributed by atoms with E-state index in [-0.39, 0.29) is 54.8 Å². The molecular weight excluding hydrogens is 440 g/mol. The Morgan fingerprint density at radius 2 is 1.77 bits per heavy atom. The summed E-state index contributed by atoms with van der Waals surface area (Å²) >= 11 is 0. The Morgan fingerprint density at radius 3 is 2.39 bits per heavy atom. The molecule has 9 nitrogen and oxygen atoms in total. The van der Waals surface area contributed by atoms with Crippen LogP contribution in [0.5, 0.6) is 0 Å². The molecule has 1 aliphatic heterocycles. The molecule has 1 saturated heterocycles. The van der Waals surface area contributed by atoms with Crippen LogP contribution in [0.2, 0.25) is 0 Å². The molecule has 11 heteroatoms. The molecule has 0 atom stereocenters. The van der Waals surface area contributed by atoms with Crippen LogP contribution in [0.25, 0.3) is 0 Å². The summed E-state index contributed by atoms with van der Waals surface area (Å²) in [5, 5.41) is 0. The van der Waals surface area contributed by atoms with Crippen LogP contribution in [0.4, 0.5) is 0 Å². The largest absolute Gasteiger partial charge is 0.340 e. The minimum Gasteiger partial charge on any atom is -0.340 e. The number of nitrogens with one attached hydrogen (secondary N) is 1. The van der Waals surface area contributed by atoms with Gasteiger partial charge in [0.25, 0.3) is 0 Å². The zero-order chi connectivity index (χ0) is 22.6. The number of pyridine rings is 1. The highest BCUT2D eigenvalue weighted by Gasteiger charge is 2.30. The summed E-state index contributed by atoms with van der Waals surface area (Å²) < 4.78 is 54.1. The topological polar surface area (TPSA) is 117 Å². The molecule has 0 bridgehead atoms. The molecule has 31 heavy (non-hydrogen) atoms. The first-order valence-electron chi connectivity index (χ1n) is 9.86. The summed E-state index contributed by atoms with van der Waals surface area (Å²) in [4.78, 5) is 18.2. The number of aromatic nitrogens is 1. The molecule has 0 aliphatic carbocycles. The molecule has 1 fully saturated rings. The maximum Gasteiger partial charge on any atom is 0.244 e. The monoisotopic (exact) mass is 466 g/mol. The summed E-state index contributed by atoms with van der Waals surface area (Å²) in [6.45, 7) is 4.45. The van der Waals surface area contributed by atoms with Gasteiger partial charge in [-0.1, -0.05) is 17.7 Å². The molecule has 0 saturated carbocycles. The molecule has 2 heterocycles. The van der Waals surface area contributed by atoms with Crippen molar-refractivity contribution in [1.82, 2.24) is 18.9 Å². The fourth-order valence-electron chi connectivity index (χ4n) is 3.46. The van der Waals surface area contributed by atoms with Crippen molar-refractivity contribution < 1.29 is 21.6 Å². The van der Waals surface area contributed by atoms with Gasteiger partial charge in [0.15, 0.2) is 0 Å². The number of benzene rings is 1. The number of carbonyl (C=O) groups is 1. The number of nitrogens with zero attached hydrogens (tertiary/aromatic N) is 3. The average Bonchev–Trinajstić information content (AvgIpc) is 2.74.